The monoisotopic (exact) mass is 288 g/mol. The first-order chi connectivity index (χ1) is 10.2. The molecule has 1 aromatic carbocycles. The van der Waals surface area contributed by atoms with Crippen molar-refractivity contribution in [2.45, 2.75) is 19.3 Å². The zero-order valence-corrected chi connectivity index (χ0v) is 11.9. The summed E-state index contributed by atoms with van der Waals surface area (Å²) in [5, 5.41) is 4.27. The van der Waals surface area contributed by atoms with Gasteiger partial charge in [-0.3, -0.25) is 4.68 Å². The first kappa shape index (κ1) is 13.6. The molecule has 1 atom stereocenters. The van der Waals surface area contributed by atoms with Crippen LogP contribution in [0.5, 0.6) is 5.75 Å². The van der Waals surface area contributed by atoms with Crippen molar-refractivity contribution in [3.63, 3.8) is 0 Å². The number of esters is 1. The lowest BCUT2D eigenvalue weighted by molar-refractivity contribution is -0.00126. The van der Waals surface area contributed by atoms with Crippen molar-refractivity contribution >= 4 is 5.97 Å². The Kier molecular flexibility index (Phi) is 3.62. The average molecular weight is 288 g/mol. The summed E-state index contributed by atoms with van der Waals surface area (Å²) in [7, 11) is 2.98. The highest BCUT2D eigenvalue weighted by Crippen LogP contribution is 2.27. The van der Waals surface area contributed by atoms with Gasteiger partial charge in [0.1, 0.15) is 11.9 Å². The fourth-order valence-corrected chi connectivity index (χ4v) is 2.35. The molecule has 110 valence electrons. The molecule has 0 N–H and O–H groups in total. The van der Waals surface area contributed by atoms with Crippen molar-refractivity contribution in [3.05, 3.63) is 47.3 Å². The molecule has 1 aliphatic heterocycles. The number of methoxy groups -OCH3 is 2. The summed E-state index contributed by atoms with van der Waals surface area (Å²) in [6.07, 6.45) is -0.0891. The highest BCUT2D eigenvalue weighted by Gasteiger charge is 2.24. The van der Waals surface area contributed by atoms with Gasteiger partial charge in [-0.25, -0.2) is 4.79 Å². The van der Waals surface area contributed by atoms with E-state index in [1.54, 1.807) is 17.9 Å². The van der Waals surface area contributed by atoms with Crippen molar-refractivity contribution in [1.82, 2.24) is 9.78 Å². The van der Waals surface area contributed by atoms with Crippen LogP contribution in [0.4, 0.5) is 0 Å². The smallest absolute Gasteiger partial charge is 0.358 e. The van der Waals surface area contributed by atoms with E-state index in [0.29, 0.717) is 18.8 Å². The van der Waals surface area contributed by atoms with Crippen molar-refractivity contribution in [3.8, 4) is 5.75 Å². The fourth-order valence-electron chi connectivity index (χ4n) is 2.35. The summed E-state index contributed by atoms with van der Waals surface area (Å²) in [6.45, 7) is 0.985. The lowest BCUT2D eigenvalue weighted by atomic mass is 10.1. The summed E-state index contributed by atoms with van der Waals surface area (Å²) in [5.41, 5.74) is 2.24. The van der Waals surface area contributed by atoms with E-state index >= 15 is 0 Å². The van der Waals surface area contributed by atoms with Crippen LogP contribution in [0.25, 0.3) is 0 Å². The molecule has 6 nitrogen and oxygen atoms in total. The Bertz CT molecular complexity index is 648. The molecule has 3 rings (SSSR count). The van der Waals surface area contributed by atoms with Gasteiger partial charge in [0.25, 0.3) is 0 Å². The zero-order valence-electron chi connectivity index (χ0n) is 11.9. The summed E-state index contributed by atoms with van der Waals surface area (Å²) < 4.78 is 17.5. The summed E-state index contributed by atoms with van der Waals surface area (Å²) >= 11 is 0. The summed E-state index contributed by atoms with van der Waals surface area (Å²) in [4.78, 5) is 11.5. The second-order valence-electron chi connectivity index (χ2n) is 4.77. The Hall–Kier alpha value is -2.34. The molecule has 1 aliphatic rings. The van der Waals surface area contributed by atoms with Crippen LogP contribution in [0.15, 0.2) is 30.3 Å². The topological polar surface area (TPSA) is 62.6 Å². The van der Waals surface area contributed by atoms with E-state index < -0.39 is 5.97 Å². The van der Waals surface area contributed by atoms with Gasteiger partial charge in [0.2, 0.25) is 0 Å². The van der Waals surface area contributed by atoms with Crippen LogP contribution in [0.1, 0.15) is 27.8 Å². The molecule has 0 fully saturated rings. The number of ether oxygens (including phenoxy) is 3. The molecule has 0 radical (unpaired) electrons. The highest BCUT2D eigenvalue weighted by molar-refractivity contribution is 5.87. The van der Waals surface area contributed by atoms with Crippen molar-refractivity contribution < 1.29 is 19.0 Å². The molecule has 2 heterocycles. The van der Waals surface area contributed by atoms with Crippen molar-refractivity contribution in [1.29, 1.82) is 0 Å². The third-order valence-corrected chi connectivity index (χ3v) is 3.52. The largest absolute Gasteiger partial charge is 0.497 e. The molecule has 1 aromatic heterocycles. The third-order valence-electron chi connectivity index (χ3n) is 3.52. The van der Waals surface area contributed by atoms with Gasteiger partial charge in [0, 0.05) is 0 Å². The molecule has 0 spiro atoms. The Morgan fingerprint density at radius 3 is 2.76 bits per heavy atom. The fraction of sp³-hybridized carbons (Fsp3) is 0.333. The van der Waals surface area contributed by atoms with Crippen LogP contribution in [-0.4, -0.2) is 30.0 Å². The van der Waals surface area contributed by atoms with E-state index in [1.165, 1.54) is 7.11 Å². The van der Waals surface area contributed by atoms with E-state index in [1.807, 2.05) is 24.3 Å². The first-order valence-electron chi connectivity index (χ1n) is 6.62. The van der Waals surface area contributed by atoms with Crippen LogP contribution in [0, 0.1) is 0 Å². The highest BCUT2D eigenvalue weighted by atomic mass is 16.5. The second kappa shape index (κ2) is 5.57. The number of carbonyl (C=O) groups is 1. The number of hydrogen-bond donors (Lipinski definition) is 0. The molecular formula is C15H16N2O4. The third kappa shape index (κ3) is 2.62. The summed E-state index contributed by atoms with van der Waals surface area (Å²) in [6, 6.07) is 9.45. The minimum absolute atomic E-state index is 0.0891. The van der Waals surface area contributed by atoms with Gasteiger partial charge >= 0.3 is 5.97 Å². The Morgan fingerprint density at radius 1 is 1.33 bits per heavy atom. The maximum Gasteiger partial charge on any atom is 0.358 e. The maximum atomic E-state index is 11.5. The molecule has 21 heavy (non-hydrogen) atoms. The van der Waals surface area contributed by atoms with Crippen molar-refractivity contribution in [2.75, 3.05) is 14.2 Å². The Morgan fingerprint density at radius 2 is 2.10 bits per heavy atom. The molecule has 6 heteroatoms. The van der Waals surface area contributed by atoms with E-state index in [4.69, 9.17) is 9.47 Å². The van der Waals surface area contributed by atoms with E-state index in [9.17, 15) is 4.79 Å². The molecule has 0 amide bonds. The van der Waals surface area contributed by atoms with Gasteiger partial charge in [-0.15, -0.1) is 0 Å². The predicted octanol–water partition coefficient (Wildman–Crippen LogP) is 1.95. The summed E-state index contributed by atoms with van der Waals surface area (Å²) in [5.74, 6) is 0.375. The van der Waals surface area contributed by atoms with E-state index in [-0.39, 0.29) is 6.10 Å². The van der Waals surface area contributed by atoms with E-state index in [0.717, 1.165) is 17.0 Å². The quantitative estimate of drug-likeness (QED) is 0.808. The molecular weight excluding hydrogens is 272 g/mol. The zero-order chi connectivity index (χ0) is 14.8. The normalized spacial score (nSPS) is 17.1. The minimum atomic E-state index is -0.433. The van der Waals surface area contributed by atoms with Crippen molar-refractivity contribution in [2.24, 2.45) is 0 Å². The maximum absolute atomic E-state index is 11.5. The number of aromatic nitrogens is 2. The first-order valence-corrected chi connectivity index (χ1v) is 6.62. The second-order valence-corrected chi connectivity index (χ2v) is 4.77. The van der Waals surface area contributed by atoms with Gasteiger partial charge < -0.3 is 14.2 Å². The van der Waals surface area contributed by atoms with Gasteiger partial charge in [-0.05, 0) is 23.8 Å². The van der Waals surface area contributed by atoms with Crippen LogP contribution in [-0.2, 0) is 22.6 Å². The van der Waals surface area contributed by atoms with Gasteiger partial charge in [-0.2, -0.15) is 5.10 Å². The molecule has 1 unspecified atom stereocenters. The van der Waals surface area contributed by atoms with E-state index in [2.05, 4.69) is 9.84 Å². The number of rotatable bonds is 3. The van der Waals surface area contributed by atoms with Crippen LogP contribution in [0.3, 0.4) is 0 Å². The number of hydrogen-bond acceptors (Lipinski definition) is 5. The predicted molar refractivity (Wildman–Crippen MR) is 74.1 cm³/mol. The van der Waals surface area contributed by atoms with Crippen LogP contribution >= 0.6 is 0 Å². The standard InChI is InChI=1S/C15H16N2O4/c1-19-12-5-3-10(4-6-12)14-8-17-11(9-21-14)7-13(16-17)15(18)20-2/h3-7,14H,8-9H2,1-2H3. The van der Waals surface area contributed by atoms with Crippen LogP contribution < -0.4 is 4.74 Å². The molecule has 2 aromatic rings. The number of nitrogens with zero attached hydrogens (tertiary/aromatic N) is 2. The Labute approximate surface area is 122 Å². The number of fused-ring (bicyclic) bond motifs is 1. The molecule has 0 aliphatic carbocycles. The van der Waals surface area contributed by atoms with Crippen LogP contribution in [0.2, 0.25) is 0 Å². The molecule has 0 saturated heterocycles. The average Bonchev–Trinajstić information content (AvgIpc) is 2.97. The number of benzene rings is 1. The lowest BCUT2D eigenvalue weighted by Gasteiger charge is -2.24. The SMILES string of the molecule is COC(=O)c1cc2n(n1)CC(c1ccc(OC)cc1)OC2. The minimum Gasteiger partial charge on any atom is -0.497 e. The van der Waals surface area contributed by atoms with Gasteiger partial charge in [0.15, 0.2) is 5.69 Å². The van der Waals surface area contributed by atoms with Gasteiger partial charge in [-0.1, -0.05) is 12.1 Å². The lowest BCUT2D eigenvalue weighted by Crippen LogP contribution is -2.21. The van der Waals surface area contributed by atoms with Gasteiger partial charge in [0.05, 0.1) is 33.1 Å². The number of carbonyl (C=O) groups excluding carboxylic acids is 1. The Balaban J connectivity index is 1.80. The molecule has 0 bridgehead atoms. The molecule has 0 saturated carbocycles.